The van der Waals surface area contributed by atoms with E-state index >= 15 is 0 Å². The van der Waals surface area contributed by atoms with E-state index in [1.807, 2.05) is 36.3 Å². The first-order chi connectivity index (χ1) is 9.20. The van der Waals surface area contributed by atoms with Crippen molar-refractivity contribution in [3.8, 4) is 0 Å². The Balaban J connectivity index is 1.78. The summed E-state index contributed by atoms with van der Waals surface area (Å²) in [5.74, 6) is 0. The summed E-state index contributed by atoms with van der Waals surface area (Å²) in [6.07, 6.45) is 6.50. The van der Waals surface area contributed by atoms with Crippen molar-refractivity contribution in [3.05, 3.63) is 41.2 Å². The quantitative estimate of drug-likeness (QED) is 0.915. The van der Waals surface area contributed by atoms with Gasteiger partial charge in [0, 0.05) is 35.7 Å². The van der Waals surface area contributed by atoms with E-state index < -0.39 is 0 Å². The minimum absolute atomic E-state index is 0.715. The van der Waals surface area contributed by atoms with Crippen molar-refractivity contribution in [1.82, 2.24) is 15.1 Å². The molecule has 0 atom stereocenters. The second-order valence-corrected chi connectivity index (χ2v) is 6.41. The number of hydrogen-bond donors (Lipinski definition) is 1. The molecule has 0 aliphatic heterocycles. The van der Waals surface area contributed by atoms with Crippen LogP contribution in [-0.4, -0.2) is 15.8 Å². The Morgan fingerprint density at radius 2 is 2.32 bits per heavy atom. The molecule has 0 spiro atoms. The summed E-state index contributed by atoms with van der Waals surface area (Å²) in [7, 11) is 1.93. The number of aromatic nitrogens is 2. The molecule has 1 aliphatic rings. The molecule has 1 N–H and O–H groups in total. The average molecular weight is 294 g/mol. The largest absolute Gasteiger partial charge is 0.310 e. The minimum atomic E-state index is 0.715. The Morgan fingerprint density at radius 1 is 1.47 bits per heavy atom. The predicted molar refractivity (Wildman–Crippen MR) is 78.6 cm³/mol. The topological polar surface area (TPSA) is 29.9 Å². The normalized spacial score (nSPS) is 14.8. The third-order valence-corrected chi connectivity index (χ3v) is 4.38. The van der Waals surface area contributed by atoms with Crippen molar-refractivity contribution < 1.29 is 0 Å². The average Bonchev–Trinajstić information content (AvgIpc) is 3.12. The number of rotatable bonds is 5. The molecule has 1 saturated carbocycles. The summed E-state index contributed by atoms with van der Waals surface area (Å²) in [6.45, 7) is 0.907. The van der Waals surface area contributed by atoms with Gasteiger partial charge in [0.2, 0.25) is 0 Å². The number of nitrogens with one attached hydrogen (secondary N) is 1. The molecule has 3 nitrogen and oxygen atoms in total. The number of nitrogens with zero attached hydrogens (tertiary/aromatic N) is 2. The molecule has 0 unspecified atom stereocenters. The van der Waals surface area contributed by atoms with Crippen LogP contribution in [0.3, 0.4) is 0 Å². The van der Waals surface area contributed by atoms with Crippen molar-refractivity contribution in [1.29, 1.82) is 0 Å². The van der Waals surface area contributed by atoms with Crippen molar-refractivity contribution >= 4 is 23.4 Å². The summed E-state index contributed by atoms with van der Waals surface area (Å²) in [5, 5.41) is 8.52. The summed E-state index contributed by atoms with van der Waals surface area (Å²) >= 11 is 7.82. The van der Waals surface area contributed by atoms with E-state index in [0.717, 1.165) is 16.5 Å². The lowest BCUT2D eigenvalue weighted by atomic mass is 10.2. The fourth-order valence-corrected chi connectivity index (χ4v) is 3.14. The maximum atomic E-state index is 6.11. The lowest BCUT2D eigenvalue weighted by Crippen LogP contribution is -2.15. The molecule has 1 aromatic heterocycles. The fourth-order valence-electron chi connectivity index (χ4n) is 1.89. The van der Waals surface area contributed by atoms with Crippen molar-refractivity contribution in [2.45, 2.75) is 35.2 Å². The maximum absolute atomic E-state index is 6.11. The lowest BCUT2D eigenvalue weighted by molar-refractivity contribution is 0.680. The second-order valence-electron chi connectivity index (χ2n) is 4.86. The lowest BCUT2D eigenvalue weighted by Gasteiger charge is -2.09. The van der Waals surface area contributed by atoms with Gasteiger partial charge in [0.1, 0.15) is 0 Å². The highest BCUT2D eigenvalue weighted by Gasteiger charge is 2.20. The van der Waals surface area contributed by atoms with Crippen LogP contribution in [0.2, 0.25) is 5.02 Å². The third-order valence-electron chi connectivity index (χ3n) is 3.10. The van der Waals surface area contributed by atoms with Crippen LogP contribution in [0, 0.1) is 0 Å². The van der Waals surface area contributed by atoms with Gasteiger partial charge in [0.25, 0.3) is 0 Å². The number of aryl methyl sites for hydroxylation is 1. The first-order valence-electron chi connectivity index (χ1n) is 6.39. The van der Waals surface area contributed by atoms with E-state index in [2.05, 4.69) is 16.5 Å². The number of halogens is 1. The SMILES string of the molecule is Cn1cc(Sc2cc(Cl)ccc2CNC2CC2)cn1. The molecule has 2 aromatic rings. The highest BCUT2D eigenvalue weighted by Crippen LogP contribution is 2.32. The van der Waals surface area contributed by atoms with Gasteiger partial charge in [-0.1, -0.05) is 29.4 Å². The van der Waals surface area contributed by atoms with Crippen molar-refractivity contribution in [2.75, 3.05) is 0 Å². The van der Waals surface area contributed by atoms with Crippen LogP contribution >= 0.6 is 23.4 Å². The standard InChI is InChI=1S/C14H16ClN3S/c1-18-9-13(8-17-18)19-14-6-11(15)3-2-10(14)7-16-12-4-5-12/h2-3,6,8-9,12,16H,4-5,7H2,1H3. The van der Waals surface area contributed by atoms with Crippen LogP contribution < -0.4 is 5.32 Å². The van der Waals surface area contributed by atoms with E-state index in [1.165, 1.54) is 23.3 Å². The van der Waals surface area contributed by atoms with Gasteiger partial charge in [-0.25, -0.2) is 0 Å². The highest BCUT2D eigenvalue weighted by atomic mass is 35.5. The molecule has 1 fully saturated rings. The Morgan fingerprint density at radius 3 is 3.00 bits per heavy atom. The first kappa shape index (κ1) is 13.0. The third kappa shape index (κ3) is 3.53. The molecule has 0 bridgehead atoms. The summed E-state index contributed by atoms with van der Waals surface area (Å²) < 4.78 is 1.81. The number of hydrogen-bond acceptors (Lipinski definition) is 3. The Kier molecular flexibility index (Phi) is 3.82. The Labute approximate surface area is 122 Å². The number of benzene rings is 1. The molecule has 100 valence electrons. The minimum Gasteiger partial charge on any atom is -0.310 e. The second kappa shape index (κ2) is 5.57. The summed E-state index contributed by atoms with van der Waals surface area (Å²) in [4.78, 5) is 2.34. The van der Waals surface area contributed by atoms with Gasteiger partial charge < -0.3 is 5.32 Å². The molecule has 0 radical (unpaired) electrons. The van der Waals surface area contributed by atoms with Gasteiger partial charge in [0.15, 0.2) is 0 Å². The Hall–Kier alpha value is -0.970. The van der Waals surface area contributed by atoms with Crippen LogP contribution in [0.4, 0.5) is 0 Å². The van der Waals surface area contributed by atoms with E-state index in [-0.39, 0.29) is 0 Å². The van der Waals surface area contributed by atoms with E-state index in [0.29, 0.717) is 6.04 Å². The fraction of sp³-hybridized carbons (Fsp3) is 0.357. The van der Waals surface area contributed by atoms with Crippen molar-refractivity contribution in [2.24, 2.45) is 7.05 Å². The smallest absolute Gasteiger partial charge is 0.0629 e. The van der Waals surface area contributed by atoms with Crippen molar-refractivity contribution in [3.63, 3.8) is 0 Å². The summed E-state index contributed by atoms with van der Waals surface area (Å²) in [5.41, 5.74) is 1.30. The van der Waals surface area contributed by atoms with E-state index in [1.54, 1.807) is 11.8 Å². The zero-order valence-electron chi connectivity index (χ0n) is 10.8. The molecular weight excluding hydrogens is 278 g/mol. The molecular formula is C14H16ClN3S. The molecule has 0 saturated heterocycles. The first-order valence-corrected chi connectivity index (χ1v) is 7.58. The van der Waals surface area contributed by atoms with Gasteiger partial charge in [0.05, 0.1) is 11.1 Å². The van der Waals surface area contributed by atoms with Crippen LogP contribution in [0.5, 0.6) is 0 Å². The molecule has 5 heteroatoms. The van der Waals surface area contributed by atoms with Gasteiger partial charge in [-0.15, -0.1) is 0 Å². The van der Waals surface area contributed by atoms with Crippen LogP contribution in [0.1, 0.15) is 18.4 Å². The van der Waals surface area contributed by atoms with Crippen LogP contribution in [0.15, 0.2) is 40.4 Å². The van der Waals surface area contributed by atoms with E-state index in [4.69, 9.17) is 11.6 Å². The molecule has 1 heterocycles. The zero-order chi connectivity index (χ0) is 13.2. The molecule has 1 aromatic carbocycles. The zero-order valence-corrected chi connectivity index (χ0v) is 12.3. The molecule has 19 heavy (non-hydrogen) atoms. The molecule has 0 amide bonds. The van der Waals surface area contributed by atoms with Crippen LogP contribution in [-0.2, 0) is 13.6 Å². The molecule has 1 aliphatic carbocycles. The Bertz CT molecular complexity index is 578. The van der Waals surface area contributed by atoms with E-state index in [9.17, 15) is 0 Å². The van der Waals surface area contributed by atoms with Gasteiger partial charge >= 0.3 is 0 Å². The predicted octanol–water partition coefficient (Wildman–Crippen LogP) is 3.48. The molecule has 3 rings (SSSR count). The van der Waals surface area contributed by atoms with Gasteiger partial charge in [-0.2, -0.15) is 5.10 Å². The summed E-state index contributed by atoms with van der Waals surface area (Å²) in [6, 6.07) is 6.81. The van der Waals surface area contributed by atoms with Crippen LogP contribution in [0.25, 0.3) is 0 Å². The van der Waals surface area contributed by atoms with Gasteiger partial charge in [-0.3, -0.25) is 4.68 Å². The maximum Gasteiger partial charge on any atom is 0.0629 e. The monoisotopic (exact) mass is 293 g/mol. The van der Waals surface area contributed by atoms with Gasteiger partial charge in [-0.05, 0) is 30.5 Å². The highest BCUT2D eigenvalue weighted by molar-refractivity contribution is 7.99.